The maximum atomic E-state index is 12.2. The summed E-state index contributed by atoms with van der Waals surface area (Å²) in [5, 5.41) is 0. The van der Waals surface area contributed by atoms with Crippen LogP contribution in [0.15, 0.2) is 24.3 Å². The number of fused-ring (bicyclic) bond motifs is 1. The minimum Gasteiger partial charge on any atom is -0.340 e. The van der Waals surface area contributed by atoms with E-state index in [9.17, 15) is 4.79 Å². The Labute approximate surface area is 161 Å². The van der Waals surface area contributed by atoms with Crippen molar-refractivity contribution in [1.82, 2.24) is 19.8 Å². The van der Waals surface area contributed by atoms with Crippen LogP contribution in [-0.2, 0) is 11.3 Å². The molecule has 1 spiro atoms. The molecule has 2 saturated heterocycles. The summed E-state index contributed by atoms with van der Waals surface area (Å²) < 4.78 is 0. The molecule has 0 bridgehead atoms. The smallest absolute Gasteiger partial charge is 0.222 e. The lowest BCUT2D eigenvalue weighted by atomic mass is 9.72. The minimum atomic E-state index is 0.309. The van der Waals surface area contributed by atoms with Gasteiger partial charge in [0.1, 0.15) is 0 Å². The summed E-state index contributed by atoms with van der Waals surface area (Å²) >= 11 is 0. The Kier molecular flexibility index (Phi) is 4.89. The van der Waals surface area contributed by atoms with E-state index < -0.39 is 0 Å². The molecule has 2 fully saturated rings. The molecule has 0 unspecified atom stereocenters. The van der Waals surface area contributed by atoms with Crippen LogP contribution in [-0.4, -0.2) is 51.4 Å². The summed E-state index contributed by atoms with van der Waals surface area (Å²) in [4.78, 5) is 26.4. The van der Waals surface area contributed by atoms with Crippen molar-refractivity contribution < 1.29 is 4.79 Å². The van der Waals surface area contributed by atoms with E-state index in [1.54, 1.807) is 0 Å². The van der Waals surface area contributed by atoms with Gasteiger partial charge in [-0.15, -0.1) is 0 Å². The second kappa shape index (κ2) is 7.19. The number of carbonyl (C=O) groups excluding carboxylic acids is 1. The van der Waals surface area contributed by atoms with Gasteiger partial charge in [-0.3, -0.25) is 9.69 Å². The monoisotopic (exact) mass is 366 g/mol. The lowest BCUT2D eigenvalue weighted by Crippen LogP contribution is -2.53. The number of nitrogens with zero attached hydrogens (tertiary/aromatic N) is 4. The van der Waals surface area contributed by atoms with Gasteiger partial charge in [-0.05, 0) is 70.7 Å². The number of aryl methyl sites for hydroxylation is 1. The Morgan fingerprint density at radius 3 is 2.41 bits per heavy atom. The van der Waals surface area contributed by atoms with E-state index >= 15 is 0 Å². The van der Waals surface area contributed by atoms with Crippen molar-refractivity contribution in [3.63, 3.8) is 0 Å². The molecule has 1 aromatic heterocycles. The lowest BCUT2D eigenvalue weighted by Gasteiger charge is -2.48. The highest BCUT2D eigenvalue weighted by Gasteiger charge is 2.41. The van der Waals surface area contributed by atoms with Crippen LogP contribution in [0.5, 0.6) is 0 Å². The van der Waals surface area contributed by atoms with Crippen LogP contribution < -0.4 is 0 Å². The molecule has 144 valence electrons. The molecule has 2 aliphatic rings. The maximum absolute atomic E-state index is 12.2. The van der Waals surface area contributed by atoms with Gasteiger partial charge in [0, 0.05) is 25.6 Å². The van der Waals surface area contributed by atoms with Gasteiger partial charge in [-0.25, -0.2) is 9.97 Å². The third-order valence-electron chi connectivity index (χ3n) is 6.45. The Bertz CT molecular complexity index is 839. The van der Waals surface area contributed by atoms with Crippen LogP contribution in [0.2, 0.25) is 0 Å². The van der Waals surface area contributed by atoms with Gasteiger partial charge in [0.05, 0.1) is 22.4 Å². The molecule has 5 heteroatoms. The van der Waals surface area contributed by atoms with Gasteiger partial charge in [-0.2, -0.15) is 0 Å². The fourth-order valence-electron chi connectivity index (χ4n) is 4.59. The van der Waals surface area contributed by atoms with E-state index in [0.717, 1.165) is 55.0 Å². The van der Waals surface area contributed by atoms with Gasteiger partial charge in [0.15, 0.2) is 0 Å². The van der Waals surface area contributed by atoms with Crippen molar-refractivity contribution in [3.05, 3.63) is 35.7 Å². The molecule has 0 atom stereocenters. The second-order valence-corrected chi connectivity index (χ2v) is 8.64. The molecule has 0 saturated carbocycles. The third-order valence-corrected chi connectivity index (χ3v) is 6.45. The first kappa shape index (κ1) is 18.4. The standard InChI is InChI=1S/C22H30N4O/c1-16(2)26-15-22(9-8-21(26)27)10-12-25(13-11-22)14-20-17(3)23-18-6-4-5-7-19(18)24-20/h4-7,16H,8-15H2,1-3H3. The fourth-order valence-corrected chi connectivity index (χ4v) is 4.59. The molecule has 27 heavy (non-hydrogen) atoms. The van der Waals surface area contributed by atoms with Crippen LogP contribution in [0.4, 0.5) is 0 Å². The number of aromatic nitrogens is 2. The van der Waals surface area contributed by atoms with E-state index in [-0.39, 0.29) is 0 Å². The molecule has 0 aliphatic carbocycles. The van der Waals surface area contributed by atoms with E-state index in [2.05, 4.69) is 30.6 Å². The summed E-state index contributed by atoms with van der Waals surface area (Å²) in [6, 6.07) is 8.40. The molecule has 0 N–H and O–H groups in total. The number of likely N-dealkylation sites (tertiary alicyclic amines) is 2. The number of carbonyl (C=O) groups is 1. The molecule has 2 aliphatic heterocycles. The van der Waals surface area contributed by atoms with E-state index in [1.165, 1.54) is 12.8 Å². The number of piperidine rings is 2. The van der Waals surface area contributed by atoms with E-state index in [1.807, 2.05) is 24.3 Å². The van der Waals surface area contributed by atoms with E-state index in [0.29, 0.717) is 23.8 Å². The van der Waals surface area contributed by atoms with Crippen molar-refractivity contribution in [3.8, 4) is 0 Å². The summed E-state index contributed by atoms with van der Waals surface area (Å²) in [6.45, 7) is 10.3. The predicted octanol–water partition coefficient (Wildman–Crippen LogP) is 3.55. The van der Waals surface area contributed by atoms with Gasteiger partial charge in [-0.1, -0.05) is 12.1 Å². The lowest BCUT2D eigenvalue weighted by molar-refractivity contribution is -0.141. The summed E-state index contributed by atoms with van der Waals surface area (Å²) in [7, 11) is 0. The molecule has 2 aromatic rings. The zero-order chi connectivity index (χ0) is 19.0. The minimum absolute atomic E-state index is 0.309. The Hall–Kier alpha value is -2.01. The summed E-state index contributed by atoms with van der Waals surface area (Å²) in [6.07, 6.45) is 4.11. The fraction of sp³-hybridized carbons (Fsp3) is 0.591. The highest BCUT2D eigenvalue weighted by atomic mass is 16.2. The Balaban J connectivity index is 1.43. The highest BCUT2D eigenvalue weighted by molar-refractivity contribution is 5.77. The van der Waals surface area contributed by atoms with Crippen molar-refractivity contribution in [2.24, 2.45) is 5.41 Å². The number of hydrogen-bond acceptors (Lipinski definition) is 4. The largest absolute Gasteiger partial charge is 0.340 e. The number of para-hydroxylation sites is 2. The maximum Gasteiger partial charge on any atom is 0.222 e. The van der Waals surface area contributed by atoms with Crippen LogP contribution in [0, 0.1) is 12.3 Å². The van der Waals surface area contributed by atoms with Gasteiger partial charge < -0.3 is 4.90 Å². The molecule has 1 amide bonds. The SMILES string of the molecule is Cc1nc2ccccc2nc1CN1CCC2(CCC(=O)N(C(C)C)C2)CC1. The number of amides is 1. The van der Waals surface area contributed by atoms with Crippen LogP contribution in [0.3, 0.4) is 0 Å². The van der Waals surface area contributed by atoms with Gasteiger partial charge in [0.2, 0.25) is 5.91 Å². The zero-order valence-corrected chi connectivity index (χ0v) is 16.7. The van der Waals surface area contributed by atoms with Crippen molar-refractivity contribution in [2.45, 2.75) is 59.0 Å². The number of hydrogen-bond donors (Lipinski definition) is 0. The quantitative estimate of drug-likeness (QED) is 0.833. The van der Waals surface area contributed by atoms with Crippen LogP contribution in [0.1, 0.15) is 50.9 Å². The van der Waals surface area contributed by atoms with Crippen molar-refractivity contribution >= 4 is 16.9 Å². The topological polar surface area (TPSA) is 49.3 Å². The van der Waals surface area contributed by atoms with Gasteiger partial charge >= 0.3 is 0 Å². The number of benzene rings is 1. The highest BCUT2D eigenvalue weighted by Crippen LogP contribution is 2.41. The first-order valence-corrected chi connectivity index (χ1v) is 10.2. The zero-order valence-electron chi connectivity index (χ0n) is 16.7. The molecule has 4 rings (SSSR count). The second-order valence-electron chi connectivity index (χ2n) is 8.64. The molecular formula is C22H30N4O. The summed E-state index contributed by atoms with van der Waals surface area (Å²) in [5.74, 6) is 0.333. The first-order valence-electron chi connectivity index (χ1n) is 10.2. The average molecular weight is 367 g/mol. The van der Waals surface area contributed by atoms with Crippen LogP contribution >= 0.6 is 0 Å². The molecule has 1 aromatic carbocycles. The first-order chi connectivity index (χ1) is 13.0. The molecule has 0 radical (unpaired) electrons. The number of rotatable bonds is 3. The average Bonchev–Trinajstić information content (AvgIpc) is 2.66. The van der Waals surface area contributed by atoms with E-state index in [4.69, 9.17) is 9.97 Å². The van der Waals surface area contributed by atoms with Crippen LogP contribution in [0.25, 0.3) is 11.0 Å². The normalized spacial score (nSPS) is 20.7. The predicted molar refractivity (Wildman–Crippen MR) is 107 cm³/mol. The Morgan fingerprint density at radius 1 is 1.07 bits per heavy atom. The molecule has 5 nitrogen and oxygen atoms in total. The Morgan fingerprint density at radius 2 is 1.74 bits per heavy atom. The summed E-state index contributed by atoms with van der Waals surface area (Å²) in [5.41, 5.74) is 4.39. The third kappa shape index (κ3) is 3.70. The van der Waals surface area contributed by atoms with Crippen molar-refractivity contribution in [2.75, 3.05) is 19.6 Å². The van der Waals surface area contributed by atoms with Crippen molar-refractivity contribution in [1.29, 1.82) is 0 Å². The molecular weight excluding hydrogens is 336 g/mol. The molecule has 3 heterocycles. The van der Waals surface area contributed by atoms with Gasteiger partial charge in [0.25, 0.3) is 0 Å².